The molecule has 8 heteroatoms. The average molecular weight is 338 g/mol. The first-order valence-corrected chi connectivity index (χ1v) is 7.82. The smallest absolute Gasteiger partial charge is 0.231 e. The zero-order valence-electron chi connectivity index (χ0n) is 13.8. The van der Waals surface area contributed by atoms with Gasteiger partial charge in [0, 0.05) is 23.9 Å². The minimum absolute atomic E-state index is 0.289. The number of hydrogen-bond acceptors (Lipinski definition) is 7. The fraction of sp³-hybridized carbons (Fsp3) is 0.294. The maximum Gasteiger partial charge on any atom is 0.231 e. The van der Waals surface area contributed by atoms with Crippen molar-refractivity contribution in [1.29, 1.82) is 10.7 Å². The minimum Gasteiger partial charge on any atom is -0.480 e. The second kappa shape index (κ2) is 7.59. The number of aromatic amines is 1. The highest BCUT2D eigenvalue weighted by molar-refractivity contribution is 6.11. The standard InChI is InChI=1S/C17H18N6O2/c1-24-17-11(7-18)6-13(10-20-17)23-15-3-5-25-4-2-14(15)16(19)12-8-21-22-9-12/h6,8-10,19,23H,2-5H2,1H3,(H,21,22). The molecule has 0 aromatic carbocycles. The summed E-state index contributed by atoms with van der Waals surface area (Å²) >= 11 is 0. The summed E-state index contributed by atoms with van der Waals surface area (Å²) in [6.45, 7) is 1.13. The Morgan fingerprint density at radius 3 is 2.96 bits per heavy atom. The van der Waals surface area contributed by atoms with Gasteiger partial charge in [-0.1, -0.05) is 0 Å². The van der Waals surface area contributed by atoms with E-state index in [0.717, 1.165) is 16.8 Å². The van der Waals surface area contributed by atoms with Crippen molar-refractivity contribution in [3.8, 4) is 11.9 Å². The van der Waals surface area contributed by atoms with E-state index in [1.807, 2.05) is 0 Å². The second-order valence-corrected chi connectivity index (χ2v) is 5.45. The molecule has 0 unspecified atom stereocenters. The number of pyridine rings is 1. The van der Waals surface area contributed by atoms with Crippen molar-refractivity contribution in [3.05, 3.63) is 47.1 Å². The van der Waals surface area contributed by atoms with Crippen LogP contribution < -0.4 is 10.1 Å². The molecule has 128 valence electrons. The van der Waals surface area contributed by atoms with Gasteiger partial charge in [-0.3, -0.25) is 10.5 Å². The monoisotopic (exact) mass is 338 g/mol. The first-order valence-electron chi connectivity index (χ1n) is 7.82. The highest BCUT2D eigenvalue weighted by Gasteiger charge is 2.18. The van der Waals surface area contributed by atoms with Gasteiger partial charge in [0.2, 0.25) is 5.88 Å². The molecule has 0 spiro atoms. The maximum atomic E-state index is 9.22. The lowest BCUT2D eigenvalue weighted by molar-refractivity contribution is 0.146. The number of H-pyrrole nitrogens is 1. The predicted octanol–water partition coefficient (Wildman–Crippen LogP) is 2.23. The first-order chi connectivity index (χ1) is 12.2. The third-order valence-corrected chi connectivity index (χ3v) is 3.91. The van der Waals surface area contributed by atoms with E-state index in [0.29, 0.717) is 43.0 Å². The largest absolute Gasteiger partial charge is 0.480 e. The third kappa shape index (κ3) is 3.67. The minimum atomic E-state index is 0.289. The van der Waals surface area contributed by atoms with Crippen molar-refractivity contribution < 1.29 is 9.47 Å². The Labute approximate surface area is 145 Å². The van der Waals surface area contributed by atoms with E-state index in [9.17, 15) is 5.26 Å². The van der Waals surface area contributed by atoms with Crippen molar-refractivity contribution in [1.82, 2.24) is 15.2 Å². The molecule has 1 aliphatic rings. The Hall–Kier alpha value is -3.18. The molecule has 8 nitrogen and oxygen atoms in total. The second-order valence-electron chi connectivity index (χ2n) is 5.45. The molecule has 3 N–H and O–H groups in total. The van der Waals surface area contributed by atoms with Crippen LogP contribution in [-0.4, -0.2) is 41.2 Å². The number of nitrogens with one attached hydrogen (secondary N) is 3. The number of aromatic nitrogens is 3. The molecule has 3 heterocycles. The van der Waals surface area contributed by atoms with Crippen LogP contribution in [0.4, 0.5) is 5.69 Å². The molecule has 0 aliphatic carbocycles. The molecule has 1 aliphatic heterocycles. The normalized spacial score (nSPS) is 14.6. The molecular formula is C17H18N6O2. The van der Waals surface area contributed by atoms with E-state index >= 15 is 0 Å². The van der Waals surface area contributed by atoms with E-state index in [4.69, 9.17) is 14.9 Å². The van der Waals surface area contributed by atoms with Gasteiger partial charge in [0.1, 0.15) is 11.6 Å². The topological polar surface area (TPSA) is 120 Å². The van der Waals surface area contributed by atoms with Gasteiger partial charge in [0.15, 0.2) is 0 Å². The van der Waals surface area contributed by atoms with E-state index in [-0.39, 0.29) is 5.88 Å². The molecule has 2 aromatic heterocycles. The van der Waals surface area contributed by atoms with Gasteiger partial charge in [-0.15, -0.1) is 0 Å². The number of nitrogens with zero attached hydrogens (tertiary/aromatic N) is 3. The van der Waals surface area contributed by atoms with Crippen molar-refractivity contribution in [2.45, 2.75) is 12.8 Å². The lowest BCUT2D eigenvalue weighted by Gasteiger charge is -2.15. The molecule has 0 amide bonds. The number of ether oxygens (including phenoxy) is 2. The molecule has 3 rings (SSSR count). The van der Waals surface area contributed by atoms with Crippen molar-refractivity contribution in [2.24, 2.45) is 0 Å². The number of rotatable bonds is 5. The fourth-order valence-corrected chi connectivity index (χ4v) is 2.67. The lowest BCUT2D eigenvalue weighted by atomic mass is 9.99. The number of hydrogen-bond donors (Lipinski definition) is 3. The number of anilines is 1. The summed E-state index contributed by atoms with van der Waals surface area (Å²) in [7, 11) is 1.48. The summed E-state index contributed by atoms with van der Waals surface area (Å²) in [5.74, 6) is 0.289. The van der Waals surface area contributed by atoms with Gasteiger partial charge in [-0.25, -0.2) is 4.98 Å². The van der Waals surface area contributed by atoms with Crippen molar-refractivity contribution >= 4 is 11.4 Å². The van der Waals surface area contributed by atoms with Gasteiger partial charge in [0.05, 0.1) is 44.1 Å². The third-order valence-electron chi connectivity index (χ3n) is 3.91. The predicted molar refractivity (Wildman–Crippen MR) is 91.6 cm³/mol. The summed E-state index contributed by atoms with van der Waals surface area (Å²) < 4.78 is 10.6. The van der Waals surface area contributed by atoms with Crippen LogP contribution in [0.25, 0.3) is 0 Å². The Bertz CT molecular complexity index is 835. The lowest BCUT2D eigenvalue weighted by Crippen LogP contribution is -2.12. The maximum absolute atomic E-state index is 9.22. The van der Waals surface area contributed by atoms with Gasteiger partial charge in [-0.05, 0) is 18.1 Å². The van der Waals surface area contributed by atoms with E-state index in [1.54, 1.807) is 24.7 Å². The number of methoxy groups -OCH3 is 1. The van der Waals surface area contributed by atoms with Gasteiger partial charge in [-0.2, -0.15) is 10.4 Å². The van der Waals surface area contributed by atoms with Crippen LogP contribution in [0.1, 0.15) is 24.0 Å². The fourth-order valence-electron chi connectivity index (χ4n) is 2.67. The molecule has 0 radical (unpaired) electrons. The quantitative estimate of drug-likeness (QED) is 0.719. The highest BCUT2D eigenvalue weighted by atomic mass is 16.5. The van der Waals surface area contributed by atoms with E-state index in [1.165, 1.54) is 7.11 Å². The van der Waals surface area contributed by atoms with Crippen LogP contribution in [0.3, 0.4) is 0 Å². The molecule has 0 fully saturated rings. The van der Waals surface area contributed by atoms with Gasteiger partial charge in [0.25, 0.3) is 0 Å². The summed E-state index contributed by atoms with van der Waals surface area (Å²) in [4.78, 5) is 4.15. The molecular weight excluding hydrogens is 320 g/mol. The molecule has 25 heavy (non-hydrogen) atoms. The van der Waals surface area contributed by atoms with Crippen LogP contribution in [0.2, 0.25) is 0 Å². The van der Waals surface area contributed by atoms with Crippen LogP contribution in [0.15, 0.2) is 35.9 Å². The highest BCUT2D eigenvalue weighted by Crippen LogP contribution is 2.25. The van der Waals surface area contributed by atoms with Gasteiger partial charge < -0.3 is 14.8 Å². The van der Waals surface area contributed by atoms with E-state index < -0.39 is 0 Å². The Morgan fingerprint density at radius 1 is 1.40 bits per heavy atom. The first kappa shape index (κ1) is 16.7. The van der Waals surface area contributed by atoms with Gasteiger partial charge >= 0.3 is 0 Å². The summed E-state index contributed by atoms with van der Waals surface area (Å²) in [6, 6.07) is 3.75. The molecule has 2 aromatic rings. The summed E-state index contributed by atoms with van der Waals surface area (Å²) in [5.41, 5.74) is 3.91. The van der Waals surface area contributed by atoms with Crippen molar-refractivity contribution in [2.75, 3.05) is 25.6 Å². The van der Waals surface area contributed by atoms with Crippen LogP contribution in [0, 0.1) is 16.7 Å². The summed E-state index contributed by atoms with van der Waals surface area (Å²) in [6.07, 6.45) is 6.20. The van der Waals surface area contributed by atoms with Crippen LogP contribution in [0.5, 0.6) is 5.88 Å². The zero-order valence-corrected chi connectivity index (χ0v) is 13.8. The molecule has 0 atom stereocenters. The SMILES string of the molecule is COc1ncc(NC2=C(C(=N)c3cn[nH]c3)CCOCC2)cc1C#N. The zero-order chi connectivity index (χ0) is 17.6. The van der Waals surface area contributed by atoms with Crippen LogP contribution >= 0.6 is 0 Å². The molecule has 0 bridgehead atoms. The average Bonchev–Trinajstić information content (AvgIpc) is 3.08. The van der Waals surface area contributed by atoms with E-state index in [2.05, 4.69) is 26.6 Å². The molecule has 0 saturated carbocycles. The molecule has 0 saturated heterocycles. The van der Waals surface area contributed by atoms with Crippen molar-refractivity contribution in [3.63, 3.8) is 0 Å². The Balaban J connectivity index is 1.93. The Kier molecular flexibility index (Phi) is 5.06. The van der Waals surface area contributed by atoms with Crippen LogP contribution in [-0.2, 0) is 4.74 Å². The number of nitriles is 1. The Morgan fingerprint density at radius 2 is 2.24 bits per heavy atom. The summed E-state index contributed by atoms with van der Waals surface area (Å²) in [5, 5.41) is 27.6.